The number of hydrogen-bond acceptors (Lipinski definition) is 2. The van der Waals surface area contributed by atoms with E-state index in [9.17, 15) is 4.79 Å². The summed E-state index contributed by atoms with van der Waals surface area (Å²) in [6.45, 7) is -0.247. The van der Waals surface area contributed by atoms with Crippen LogP contribution >= 0.6 is 62.3 Å². The molecule has 0 spiro atoms. The van der Waals surface area contributed by atoms with Crippen molar-refractivity contribution in [2.75, 3.05) is 11.9 Å². The monoisotopic (exact) mass is 441 g/mol. The molecular formula is C14H8BrCl4NO2. The Hall–Kier alpha value is -0.650. The number of ether oxygens (including phenoxy) is 1. The zero-order valence-corrected chi connectivity index (χ0v) is 15.4. The third-order valence-electron chi connectivity index (χ3n) is 2.51. The Labute approximate surface area is 155 Å². The van der Waals surface area contributed by atoms with Gasteiger partial charge in [0.25, 0.3) is 5.91 Å². The highest BCUT2D eigenvalue weighted by atomic mass is 79.9. The smallest absolute Gasteiger partial charge is 0.262 e. The Bertz CT molecular complexity index is 701. The molecule has 1 N–H and O–H groups in total. The van der Waals surface area contributed by atoms with Crippen LogP contribution in [0.15, 0.2) is 34.8 Å². The fourth-order valence-corrected chi connectivity index (χ4v) is 3.29. The highest BCUT2D eigenvalue weighted by Crippen LogP contribution is 2.36. The van der Waals surface area contributed by atoms with Crippen LogP contribution in [0, 0.1) is 0 Å². The van der Waals surface area contributed by atoms with Crippen LogP contribution in [0.25, 0.3) is 0 Å². The highest BCUT2D eigenvalue weighted by Gasteiger charge is 2.12. The molecule has 3 nitrogen and oxygen atoms in total. The fourth-order valence-electron chi connectivity index (χ4n) is 1.58. The van der Waals surface area contributed by atoms with Gasteiger partial charge in [-0.25, -0.2) is 0 Å². The summed E-state index contributed by atoms with van der Waals surface area (Å²) in [6.07, 6.45) is 0. The zero-order chi connectivity index (χ0) is 16.3. The molecule has 0 saturated heterocycles. The van der Waals surface area contributed by atoms with E-state index >= 15 is 0 Å². The Morgan fingerprint density at radius 2 is 1.77 bits per heavy atom. The lowest BCUT2D eigenvalue weighted by Crippen LogP contribution is -2.20. The molecular weight excluding hydrogens is 436 g/mol. The molecule has 2 rings (SSSR count). The lowest BCUT2D eigenvalue weighted by molar-refractivity contribution is -0.118. The summed E-state index contributed by atoms with van der Waals surface area (Å²) in [6, 6.07) is 7.91. The van der Waals surface area contributed by atoms with E-state index in [4.69, 9.17) is 51.1 Å². The summed E-state index contributed by atoms with van der Waals surface area (Å²) >= 11 is 27.0. The number of benzene rings is 2. The van der Waals surface area contributed by atoms with Gasteiger partial charge in [0.1, 0.15) is 0 Å². The average molecular weight is 444 g/mol. The number of amides is 1. The molecule has 0 bridgehead atoms. The first kappa shape index (κ1) is 17.7. The fraction of sp³-hybridized carbons (Fsp3) is 0.0714. The first-order chi connectivity index (χ1) is 10.4. The van der Waals surface area contributed by atoms with Crippen LogP contribution in [-0.2, 0) is 4.79 Å². The molecule has 0 aliphatic rings. The molecule has 0 unspecified atom stereocenters. The van der Waals surface area contributed by atoms with Crippen LogP contribution < -0.4 is 10.1 Å². The van der Waals surface area contributed by atoms with E-state index < -0.39 is 5.91 Å². The quantitative estimate of drug-likeness (QED) is 0.621. The summed E-state index contributed by atoms with van der Waals surface area (Å²) in [7, 11) is 0. The van der Waals surface area contributed by atoms with Gasteiger partial charge in [-0.1, -0.05) is 46.4 Å². The van der Waals surface area contributed by atoms with Crippen LogP contribution in [0.2, 0.25) is 20.1 Å². The third kappa shape index (κ3) is 4.67. The molecule has 0 aromatic heterocycles. The predicted octanol–water partition coefficient (Wildman–Crippen LogP) is 6.08. The van der Waals surface area contributed by atoms with Gasteiger partial charge in [0, 0.05) is 10.0 Å². The molecule has 22 heavy (non-hydrogen) atoms. The molecule has 0 aliphatic heterocycles. The van der Waals surface area contributed by atoms with Crippen molar-refractivity contribution in [1.29, 1.82) is 0 Å². The van der Waals surface area contributed by atoms with Gasteiger partial charge in [-0.2, -0.15) is 0 Å². The van der Waals surface area contributed by atoms with Crippen molar-refractivity contribution >= 4 is 73.9 Å². The van der Waals surface area contributed by atoms with E-state index in [-0.39, 0.29) is 6.61 Å². The highest BCUT2D eigenvalue weighted by molar-refractivity contribution is 9.10. The van der Waals surface area contributed by atoms with E-state index in [1.807, 2.05) is 0 Å². The van der Waals surface area contributed by atoms with Crippen LogP contribution in [0.5, 0.6) is 5.75 Å². The first-order valence-corrected chi connectivity index (χ1v) is 8.19. The Balaban J connectivity index is 2.03. The molecule has 1 amide bonds. The first-order valence-electron chi connectivity index (χ1n) is 5.89. The van der Waals surface area contributed by atoms with Crippen LogP contribution in [0.4, 0.5) is 5.69 Å². The van der Waals surface area contributed by atoms with Crippen molar-refractivity contribution in [2.45, 2.75) is 0 Å². The molecule has 0 atom stereocenters. The normalized spacial score (nSPS) is 10.4. The van der Waals surface area contributed by atoms with E-state index in [2.05, 4.69) is 21.2 Å². The summed E-state index contributed by atoms with van der Waals surface area (Å²) < 4.78 is 5.96. The second kappa shape index (κ2) is 7.75. The zero-order valence-electron chi connectivity index (χ0n) is 10.8. The van der Waals surface area contributed by atoms with Gasteiger partial charge >= 0.3 is 0 Å². The summed E-state index contributed by atoms with van der Waals surface area (Å²) in [5.74, 6) is -0.0690. The number of anilines is 1. The molecule has 2 aromatic rings. The summed E-state index contributed by atoms with van der Waals surface area (Å²) in [4.78, 5) is 11.9. The summed E-state index contributed by atoms with van der Waals surface area (Å²) in [5.41, 5.74) is 0.407. The minimum absolute atomic E-state index is 0.247. The Morgan fingerprint density at radius 1 is 1.05 bits per heavy atom. The number of rotatable bonds is 4. The van der Waals surface area contributed by atoms with Gasteiger partial charge in [0.2, 0.25) is 0 Å². The Morgan fingerprint density at radius 3 is 2.45 bits per heavy atom. The van der Waals surface area contributed by atoms with Crippen molar-refractivity contribution in [3.8, 4) is 5.75 Å². The number of carbonyl (C=O) groups is 1. The van der Waals surface area contributed by atoms with Crippen LogP contribution in [0.1, 0.15) is 0 Å². The minimum Gasteiger partial charge on any atom is -0.481 e. The van der Waals surface area contributed by atoms with Gasteiger partial charge in [0.05, 0.1) is 20.2 Å². The third-order valence-corrected chi connectivity index (χ3v) is 4.17. The van der Waals surface area contributed by atoms with Crippen molar-refractivity contribution in [3.05, 3.63) is 54.9 Å². The summed E-state index contributed by atoms with van der Waals surface area (Å²) in [5, 5.41) is 4.20. The second-order valence-electron chi connectivity index (χ2n) is 4.16. The van der Waals surface area contributed by atoms with E-state index in [1.54, 1.807) is 24.3 Å². The van der Waals surface area contributed by atoms with Crippen molar-refractivity contribution in [3.63, 3.8) is 0 Å². The second-order valence-corrected chi connectivity index (χ2v) is 6.70. The maximum absolute atomic E-state index is 11.9. The van der Waals surface area contributed by atoms with Crippen molar-refractivity contribution in [1.82, 2.24) is 0 Å². The number of halogens is 5. The molecule has 0 fully saturated rings. The van der Waals surface area contributed by atoms with Gasteiger partial charge in [0.15, 0.2) is 12.4 Å². The maximum Gasteiger partial charge on any atom is 0.262 e. The number of nitrogens with one attached hydrogen (secondary N) is 1. The van der Waals surface area contributed by atoms with Crippen molar-refractivity contribution < 1.29 is 9.53 Å². The lowest BCUT2D eigenvalue weighted by atomic mass is 10.3. The maximum atomic E-state index is 11.9. The lowest BCUT2D eigenvalue weighted by Gasteiger charge is -2.11. The largest absolute Gasteiger partial charge is 0.481 e. The molecule has 0 aliphatic carbocycles. The number of hydrogen-bond donors (Lipinski definition) is 1. The topological polar surface area (TPSA) is 38.3 Å². The average Bonchev–Trinajstić information content (AvgIpc) is 2.41. The predicted molar refractivity (Wildman–Crippen MR) is 94.7 cm³/mol. The van der Waals surface area contributed by atoms with E-state index in [0.717, 1.165) is 0 Å². The van der Waals surface area contributed by atoms with Crippen LogP contribution in [-0.4, -0.2) is 12.5 Å². The molecule has 8 heteroatoms. The van der Waals surface area contributed by atoms with Gasteiger partial charge in [-0.3, -0.25) is 4.79 Å². The van der Waals surface area contributed by atoms with E-state index in [0.29, 0.717) is 36.0 Å². The molecule has 2 aromatic carbocycles. The minimum atomic E-state index is -0.401. The molecule has 0 heterocycles. The molecule has 0 saturated carbocycles. The molecule has 116 valence electrons. The van der Waals surface area contributed by atoms with E-state index in [1.165, 1.54) is 6.07 Å². The van der Waals surface area contributed by atoms with Crippen LogP contribution in [0.3, 0.4) is 0 Å². The van der Waals surface area contributed by atoms with Crippen molar-refractivity contribution in [2.24, 2.45) is 0 Å². The number of carbonyl (C=O) groups excluding carboxylic acids is 1. The molecule has 0 radical (unpaired) electrons. The Kier molecular flexibility index (Phi) is 6.24. The van der Waals surface area contributed by atoms with Gasteiger partial charge < -0.3 is 10.1 Å². The standard InChI is InChI=1S/C14H8BrCl4NO2/c15-9-3-8(17)4-11(19)14(9)22-6-13(21)20-12-5-7(16)1-2-10(12)18/h1-5H,6H2,(H,20,21). The van der Waals surface area contributed by atoms with Gasteiger partial charge in [-0.15, -0.1) is 0 Å². The SMILES string of the molecule is O=C(COc1c(Cl)cc(Cl)cc1Br)Nc1cc(Cl)ccc1Cl. The van der Waals surface area contributed by atoms with Gasteiger partial charge in [-0.05, 0) is 46.3 Å².